The van der Waals surface area contributed by atoms with Gasteiger partial charge in [0.15, 0.2) is 5.79 Å². The Morgan fingerprint density at radius 2 is 2.26 bits per heavy atom. The summed E-state index contributed by atoms with van der Waals surface area (Å²) in [6, 6.07) is 4.07. The molecule has 1 heterocycles. The van der Waals surface area contributed by atoms with E-state index in [0.29, 0.717) is 12.4 Å². The molecule has 104 valence electrons. The molecular formula is C13H16O6. The topological polar surface area (TPSA) is 85.2 Å². The Labute approximate surface area is 110 Å². The number of carbonyl (C=O) groups is 1. The van der Waals surface area contributed by atoms with Crippen LogP contribution in [0.5, 0.6) is 11.5 Å². The average Bonchev–Trinajstić information content (AvgIpc) is 2.67. The molecule has 0 aliphatic carbocycles. The molecule has 19 heavy (non-hydrogen) atoms. The summed E-state index contributed by atoms with van der Waals surface area (Å²) in [5.74, 6) is -1.75. The minimum Gasteiger partial charge on any atom is -0.507 e. The normalized spacial score (nSPS) is 21.3. The highest BCUT2D eigenvalue weighted by atomic mass is 16.7. The van der Waals surface area contributed by atoms with Crippen LogP contribution in [0.25, 0.3) is 0 Å². The fourth-order valence-corrected chi connectivity index (χ4v) is 1.81. The van der Waals surface area contributed by atoms with Crippen LogP contribution in [-0.4, -0.2) is 41.3 Å². The van der Waals surface area contributed by atoms with E-state index in [2.05, 4.69) is 0 Å². The molecule has 0 spiro atoms. The van der Waals surface area contributed by atoms with Crippen LogP contribution in [0.2, 0.25) is 0 Å². The number of carboxylic acid groups (broad SMARTS) is 1. The third-order valence-electron chi connectivity index (χ3n) is 2.70. The van der Waals surface area contributed by atoms with Crippen LogP contribution < -0.4 is 4.74 Å². The van der Waals surface area contributed by atoms with E-state index >= 15 is 0 Å². The maximum atomic E-state index is 10.9. The predicted molar refractivity (Wildman–Crippen MR) is 65.5 cm³/mol. The SMILES string of the molecule is CC1(C)OCC(COc2ccc(O)c(C(=O)O)c2)O1. The molecular weight excluding hydrogens is 252 g/mol. The Hall–Kier alpha value is -1.79. The molecule has 1 fully saturated rings. The van der Waals surface area contributed by atoms with Crippen molar-refractivity contribution >= 4 is 5.97 Å². The third-order valence-corrected chi connectivity index (χ3v) is 2.70. The quantitative estimate of drug-likeness (QED) is 0.863. The zero-order valence-electron chi connectivity index (χ0n) is 10.8. The summed E-state index contributed by atoms with van der Waals surface area (Å²) in [6.07, 6.45) is -0.197. The minimum absolute atomic E-state index is 0.193. The summed E-state index contributed by atoms with van der Waals surface area (Å²) in [6.45, 7) is 4.32. The van der Waals surface area contributed by atoms with Crippen molar-refractivity contribution in [1.82, 2.24) is 0 Å². The Balaban J connectivity index is 1.97. The van der Waals surface area contributed by atoms with Crippen molar-refractivity contribution in [2.45, 2.75) is 25.7 Å². The van der Waals surface area contributed by atoms with E-state index in [1.54, 1.807) is 0 Å². The van der Waals surface area contributed by atoms with Gasteiger partial charge in [-0.05, 0) is 32.0 Å². The van der Waals surface area contributed by atoms with Gasteiger partial charge in [0.05, 0.1) is 6.61 Å². The van der Waals surface area contributed by atoms with Gasteiger partial charge in [-0.1, -0.05) is 0 Å². The maximum absolute atomic E-state index is 10.9. The largest absolute Gasteiger partial charge is 0.507 e. The number of phenols is 1. The Morgan fingerprint density at radius 1 is 1.53 bits per heavy atom. The van der Waals surface area contributed by atoms with Gasteiger partial charge in [-0.3, -0.25) is 0 Å². The maximum Gasteiger partial charge on any atom is 0.339 e. The lowest BCUT2D eigenvalue weighted by Gasteiger charge is -2.17. The molecule has 2 rings (SSSR count). The molecule has 1 aromatic rings. The molecule has 0 saturated carbocycles. The van der Waals surface area contributed by atoms with E-state index in [9.17, 15) is 9.90 Å². The molecule has 1 atom stereocenters. The van der Waals surface area contributed by atoms with E-state index in [0.717, 1.165) is 0 Å². The number of hydrogen-bond donors (Lipinski definition) is 2. The summed E-state index contributed by atoms with van der Waals surface area (Å²) < 4.78 is 16.4. The second-order valence-electron chi connectivity index (χ2n) is 4.75. The van der Waals surface area contributed by atoms with Crippen LogP contribution in [0.15, 0.2) is 18.2 Å². The lowest BCUT2D eigenvalue weighted by atomic mass is 10.2. The van der Waals surface area contributed by atoms with Gasteiger partial charge in [0.25, 0.3) is 0 Å². The smallest absolute Gasteiger partial charge is 0.339 e. The zero-order chi connectivity index (χ0) is 14.0. The fourth-order valence-electron chi connectivity index (χ4n) is 1.81. The van der Waals surface area contributed by atoms with Crippen molar-refractivity contribution in [2.24, 2.45) is 0 Å². The highest BCUT2D eigenvalue weighted by Crippen LogP contribution is 2.25. The Morgan fingerprint density at radius 3 is 2.84 bits per heavy atom. The zero-order valence-corrected chi connectivity index (χ0v) is 10.8. The first-order valence-corrected chi connectivity index (χ1v) is 5.88. The molecule has 6 heteroatoms. The van der Waals surface area contributed by atoms with Crippen LogP contribution in [0.3, 0.4) is 0 Å². The van der Waals surface area contributed by atoms with E-state index in [1.165, 1.54) is 18.2 Å². The van der Waals surface area contributed by atoms with E-state index in [1.807, 2.05) is 13.8 Å². The van der Waals surface area contributed by atoms with Crippen LogP contribution in [-0.2, 0) is 9.47 Å². The molecule has 0 bridgehead atoms. The summed E-state index contributed by atoms with van der Waals surface area (Å²) in [7, 11) is 0. The molecule has 1 saturated heterocycles. The molecule has 1 aliphatic rings. The van der Waals surface area contributed by atoms with Crippen molar-refractivity contribution < 1.29 is 29.2 Å². The number of aromatic hydroxyl groups is 1. The number of carboxylic acids is 1. The van der Waals surface area contributed by atoms with Gasteiger partial charge in [-0.25, -0.2) is 4.79 Å². The number of ether oxygens (including phenoxy) is 3. The first-order valence-electron chi connectivity index (χ1n) is 5.88. The van der Waals surface area contributed by atoms with Gasteiger partial charge in [-0.15, -0.1) is 0 Å². The van der Waals surface area contributed by atoms with Gasteiger partial charge in [-0.2, -0.15) is 0 Å². The summed E-state index contributed by atoms with van der Waals surface area (Å²) in [4.78, 5) is 10.9. The van der Waals surface area contributed by atoms with Gasteiger partial charge in [0.1, 0.15) is 29.8 Å². The van der Waals surface area contributed by atoms with Gasteiger partial charge >= 0.3 is 5.97 Å². The van der Waals surface area contributed by atoms with Gasteiger partial charge < -0.3 is 24.4 Å². The predicted octanol–water partition coefficient (Wildman–Crippen LogP) is 1.62. The summed E-state index contributed by atoms with van der Waals surface area (Å²) in [5, 5.41) is 18.3. The van der Waals surface area contributed by atoms with Crippen LogP contribution in [0, 0.1) is 0 Å². The van der Waals surface area contributed by atoms with Crippen LogP contribution >= 0.6 is 0 Å². The lowest BCUT2D eigenvalue weighted by Crippen LogP contribution is -2.25. The van der Waals surface area contributed by atoms with Crippen LogP contribution in [0.4, 0.5) is 0 Å². The monoisotopic (exact) mass is 268 g/mol. The summed E-state index contributed by atoms with van der Waals surface area (Å²) >= 11 is 0. The van der Waals surface area contributed by atoms with Crippen LogP contribution in [0.1, 0.15) is 24.2 Å². The molecule has 0 aromatic heterocycles. The second-order valence-corrected chi connectivity index (χ2v) is 4.75. The van der Waals surface area contributed by atoms with Crippen molar-refractivity contribution in [1.29, 1.82) is 0 Å². The molecule has 0 radical (unpaired) electrons. The van der Waals surface area contributed by atoms with Crippen molar-refractivity contribution in [3.05, 3.63) is 23.8 Å². The van der Waals surface area contributed by atoms with Crippen molar-refractivity contribution in [2.75, 3.05) is 13.2 Å². The standard InChI is InChI=1S/C13H16O6/c1-13(2)18-7-9(19-13)6-17-8-3-4-11(14)10(5-8)12(15)16/h3-5,9,14H,6-7H2,1-2H3,(H,15,16). The molecule has 2 N–H and O–H groups in total. The number of rotatable bonds is 4. The Bertz CT molecular complexity index is 482. The minimum atomic E-state index is -1.20. The Kier molecular flexibility index (Phi) is 3.64. The number of benzene rings is 1. The average molecular weight is 268 g/mol. The third kappa shape index (κ3) is 3.36. The molecule has 1 aliphatic heterocycles. The number of aromatic carboxylic acids is 1. The van der Waals surface area contributed by atoms with Gasteiger partial charge in [0.2, 0.25) is 0 Å². The highest BCUT2D eigenvalue weighted by molar-refractivity contribution is 5.91. The van der Waals surface area contributed by atoms with E-state index in [-0.39, 0.29) is 24.0 Å². The van der Waals surface area contributed by atoms with Gasteiger partial charge in [0, 0.05) is 0 Å². The van der Waals surface area contributed by atoms with Crippen molar-refractivity contribution in [3.8, 4) is 11.5 Å². The molecule has 0 amide bonds. The summed E-state index contributed by atoms with van der Waals surface area (Å²) in [5.41, 5.74) is -0.193. The second kappa shape index (κ2) is 5.07. The van der Waals surface area contributed by atoms with E-state index < -0.39 is 11.8 Å². The number of hydrogen-bond acceptors (Lipinski definition) is 5. The molecule has 6 nitrogen and oxygen atoms in total. The lowest BCUT2D eigenvalue weighted by molar-refractivity contribution is -0.141. The first-order chi connectivity index (χ1) is 8.87. The molecule has 1 aromatic carbocycles. The molecule has 1 unspecified atom stereocenters. The first kappa shape index (κ1) is 13.6. The van der Waals surface area contributed by atoms with Crippen molar-refractivity contribution in [3.63, 3.8) is 0 Å². The highest BCUT2D eigenvalue weighted by Gasteiger charge is 2.33. The fraction of sp³-hybridized carbons (Fsp3) is 0.462. The van der Waals surface area contributed by atoms with E-state index in [4.69, 9.17) is 19.3 Å².